The highest BCUT2D eigenvalue weighted by Gasteiger charge is 2.07. The zero-order valence-corrected chi connectivity index (χ0v) is 7.51. The minimum atomic E-state index is 0.379. The maximum Gasteiger partial charge on any atom is 0.300 e. The number of hydrogen-bond acceptors (Lipinski definition) is 6. The van der Waals surface area contributed by atoms with E-state index >= 15 is 0 Å². The van der Waals surface area contributed by atoms with Crippen LogP contribution in [0.25, 0.3) is 11.2 Å². The number of anilines is 2. The first-order chi connectivity index (χ1) is 7.43. The van der Waals surface area contributed by atoms with Gasteiger partial charge >= 0.3 is 0 Å². The van der Waals surface area contributed by atoms with Crippen LogP contribution in [0.3, 0.4) is 0 Å². The standard InChI is InChI=1S/C8H6N6O/c1-2-15-8(9-1)14-7-5-6(11-3-10-5)12-4-13-7/h1-4H,(H2,9,10,11,12,13,14). The molecule has 0 bridgehead atoms. The predicted molar refractivity (Wildman–Crippen MR) is 51.5 cm³/mol. The first-order valence-electron chi connectivity index (χ1n) is 4.24. The highest BCUT2D eigenvalue weighted by molar-refractivity contribution is 5.83. The molecule has 74 valence electrons. The molecule has 0 amide bonds. The number of nitrogens with zero attached hydrogens (tertiary/aromatic N) is 4. The van der Waals surface area contributed by atoms with Gasteiger partial charge in [-0.05, 0) is 0 Å². The molecule has 7 heteroatoms. The number of fused-ring (bicyclic) bond motifs is 1. The van der Waals surface area contributed by atoms with Crippen molar-refractivity contribution in [3.63, 3.8) is 0 Å². The number of nitrogens with one attached hydrogen (secondary N) is 2. The van der Waals surface area contributed by atoms with Crippen molar-refractivity contribution in [3.05, 3.63) is 25.1 Å². The Morgan fingerprint density at radius 1 is 1.20 bits per heavy atom. The van der Waals surface area contributed by atoms with E-state index in [2.05, 4.69) is 30.2 Å². The van der Waals surface area contributed by atoms with E-state index < -0.39 is 0 Å². The number of aromatic nitrogens is 5. The van der Waals surface area contributed by atoms with Crippen LogP contribution >= 0.6 is 0 Å². The molecule has 15 heavy (non-hydrogen) atoms. The number of aromatic amines is 1. The second-order valence-electron chi connectivity index (χ2n) is 2.79. The largest absolute Gasteiger partial charge is 0.432 e. The lowest BCUT2D eigenvalue weighted by molar-refractivity contribution is 0.577. The summed E-state index contributed by atoms with van der Waals surface area (Å²) < 4.78 is 5.05. The van der Waals surface area contributed by atoms with E-state index in [1.807, 2.05) is 0 Å². The third-order valence-corrected chi connectivity index (χ3v) is 1.88. The van der Waals surface area contributed by atoms with Gasteiger partial charge in [-0.2, -0.15) is 0 Å². The molecule has 0 saturated heterocycles. The summed E-state index contributed by atoms with van der Waals surface area (Å²) in [6.07, 6.45) is 6.01. The molecular formula is C8H6N6O. The van der Waals surface area contributed by atoms with Gasteiger partial charge in [-0.1, -0.05) is 0 Å². The molecule has 2 N–H and O–H groups in total. The van der Waals surface area contributed by atoms with Gasteiger partial charge in [0.1, 0.15) is 18.1 Å². The van der Waals surface area contributed by atoms with E-state index in [1.54, 1.807) is 12.5 Å². The van der Waals surface area contributed by atoms with Crippen molar-refractivity contribution in [3.8, 4) is 0 Å². The average Bonchev–Trinajstić information content (AvgIpc) is 2.87. The zero-order chi connectivity index (χ0) is 10.1. The Hall–Kier alpha value is -2.44. The molecule has 0 aliphatic carbocycles. The summed E-state index contributed by atoms with van der Waals surface area (Å²) in [5, 5.41) is 2.91. The maximum absolute atomic E-state index is 5.05. The average molecular weight is 202 g/mol. The summed E-state index contributed by atoms with van der Waals surface area (Å²) in [4.78, 5) is 18.9. The summed E-state index contributed by atoms with van der Waals surface area (Å²) in [6.45, 7) is 0. The van der Waals surface area contributed by atoms with Gasteiger partial charge < -0.3 is 9.40 Å². The van der Waals surface area contributed by atoms with Gasteiger partial charge in [-0.15, -0.1) is 0 Å². The van der Waals surface area contributed by atoms with Gasteiger partial charge in [0.15, 0.2) is 11.5 Å². The zero-order valence-electron chi connectivity index (χ0n) is 7.51. The Morgan fingerprint density at radius 3 is 3.07 bits per heavy atom. The summed E-state index contributed by atoms with van der Waals surface area (Å²) >= 11 is 0. The molecular weight excluding hydrogens is 196 g/mol. The number of oxazole rings is 1. The Labute approximate surface area is 83.6 Å². The molecule has 0 aromatic carbocycles. The number of imidazole rings is 1. The van der Waals surface area contributed by atoms with Gasteiger partial charge in [-0.25, -0.2) is 19.9 Å². The van der Waals surface area contributed by atoms with E-state index in [9.17, 15) is 0 Å². The van der Waals surface area contributed by atoms with E-state index in [4.69, 9.17) is 4.42 Å². The summed E-state index contributed by atoms with van der Waals surface area (Å²) in [5.41, 5.74) is 1.31. The number of rotatable bonds is 2. The molecule has 0 spiro atoms. The smallest absolute Gasteiger partial charge is 0.300 e. The lowest BCUT2D eigenvalue weighted by atomic mass is 10.5. The van der Waals surface area contributed by atoms with Gasteiger partial charge in [-0.3, -0.25) is 5.32 Å². The molecule has 0 atom stereocenters. The van der Waals surface area contributed by atoms with Crippen LogP contribution in [0.1, 0.15) is 0 Å². The molecule has 3 aromatic rings. The minimum Gasteiger partial charge on any atom is -0.432 e. The van der Waals surface area contributed by atoms with Crippen molar-refractivity contribution < 1.29 is 4.42 Å². The fraction of sp³-hybridized carbons (Fsp3) is 0. The van der Waals surface area contributed by atoms with Crippen molar-refractivity contribution in [2.45, 2.75) is 0 Å². The Balaban J connectivity index is 2.07. The molecule has 0 unspecified atom stereocenters. The van der Waals surface area contributed by atoms with Crippen molar-refractivity contribution in [1.29, 1.82) is 0 Å². The fourth-order valence-corrected chi connectivity index (χ4v) is 1.25. The van der Waals surface area contributed by atoms with E-state index in [0.717, 1.165) is 5.52 Å². The summed E-state index contributed by atoms with van der Waals surface area (Å²) in [5.74, 6) is 0.583. The SMILES string of the molecule is c1coc(Nc2ncnc3nc[nH]c23)n1. The summed E-state index contributed by atoms with van der Waals surface area (Å²) in [6, 6.07) is 0.379. The quantitative estimate of drug-likeness (QED) is 0.646. The molecule has 0 saturated carbocycles. The lowest BCUT2D eigenvalue weighted by Crippen LogP contribution is -1.95. The van der Waals surface area contributed by atoms with E-state index in [-0.39, 0.29) is 0 Å². The molecule has 0 aliphatic heterocycles. The first kappa shape index (κ1) is 7.92. The van der Waals surface area contributed by atoms with Crippen molar-refractivity contribution >= 4 is 23.0 Å². The predicted octanol–water partition coefficient (Wildman–Crippen LogP) is 1.08. The maximum atomic E-state index is 5.05. The van der Waals surface area contributed by atoms with Crippen LogP contribution in [0.15, 0.2) is 29.5 Å². The van der Waals surface area contributed by atoms with Crippen molar-refractivity contribution in [2.75, 3.05) is 5.32 Å². The first-order valence-corrected chi connectivity index (χ1v) is 4.24. The van der Waals surface area contributed by atoms with E-state index in [1.165, 1.54) is 12.6 Å². The summed E-state index contributed by atoms with van der Waals surface area (Å²) in [7, 11) is 0. The molecule has 3 aromatic heterocycles. The monoisotopic (exact) mass is 202 g/mol. The minimum absolute atomic E-state index is 0.379. The second kappa shape index (κ2) is 3.05. The van der Waals surface area contributed by atoms with Crippen molar-refractivity contribution in [1.82, 2.24) is 24.9 Å². The van der Waals surface area contributed by atoms with Crippen LogP contribution in [-0.2, 0) is 0 Å². The number of H-pyrrole nitrogens is 1. The molecule has 0 aliphatic rings. The molecule has 0 fully saturated rings. The van der Waals surface area contributed by atoms with Crippen LogP contribution in [-0.4, -0.2) is 24.9 Å². The molecule has 0 radical (unpaired) electrons. The van der Waals surface area contributed by atoms with Gasteiger partial charge in [0.25, 0.3) is 6.01 Å². The number of hydrogen-bond donors (Lipinski definition) is 2. The highest BCUT2D eigenvalue weighted by Crippen LogP contribution is 2.18. The van der Waals surface area contributed by atoms with Crippen LogP contribution in [0.2, 0.25) is 0 Å². The molecule has 3 heterocycles. The van der Waals surface area contributed by atoms with Gasteiger partial charge in [0.05, 0.1) is 12.5 Å². The Morgan fingerprint density at radius 2 is 2.20 bits per heavy atom. The van der Waals surface area contributed by atoms with Crippen LogP contribution in [0.5, 0.6) is 0 Å². The normalized spacial score (nSPS) is 10.7. The molecule has 7 nitrogen and oxygen atoms in total. The highest BCUT2D eigenvalue weighted by atomic mass is 16.4. The Kier molecular flexibility index (Phi) is 1.61. The fourth-order valence-electron chi connectivity index (χ4n) is 1.25. The molecule has 3 rings (SSSR count). The van der Waals surface area contributed by atoms with Crippen molar-refractivity contribution in [2.24, 2.45) is 0 Å². The van der Waals surface area contributed by atoms with E-state index in [0.29, 0.717) is 17.5 Å². The van der Waals surface area contributed by atoms with Crippen LogP contribution in [0, 0.1) is 0 Å². The lowest BCUT2D eigenvalue weighted by Gasteiger charge is -1.99. The third kappa shape index (κ3) is 1.30. The third-order valence-electron chi connectivity index (χ3n) is 1.88. The van der Waals surface area contributed by atoms with Gasteiger partial charge in [0, 0.05) is 0 Å². The van der Waals surface area contributed by atoms with Gasteiger partial charge in [0.2, 0.25) is 0 Å². The second-order valence-corrected chi connectivity index (χ2v) is 2.79. The Bertz CT molecular complexity index is 572. The van der Waals surface area contributed by atoms with Crippen LogP contribution < -0.4 is 5.32 Å². The topological polar surface area (TPSA) is 92.5 Å². The van der Waals surface area contributed by atoms with Crippen LogP contribution in [0.4, 0.5) is 11.8 Å².